The van der Waals surface area contributed by atoms with E-state index in [0.29, 0.717) is 11.6 Å². The smallest absolute Gasteiger partial charge is 0.132 e. The molecule has 0 saturated heterocycles. The van der Waals surface area contributed by atoms with Crippen LogP contribution in [-0.2, 0) is 9.59 Å². The van der Waals surface area contributed by atoms with Gasteiger partial charge in [0.15, 0.2) is 0 Å². The first-order chi connectivity index (χ1) is 6.36. The maximum Gasteiger partial charge on any atom is 0.132 e. The third kappa shape index (κ3) is 9.43. The van der Waals surface area contributed by atoms with E-state index in [4.69, 9.17) is 0 Å². The van der Waals surface area contributed by atoms with Crippen LogP contribution in [0, 0.1) is 11.8 Å². The number of carbonyl (C=O) groups is 2. The van der Waals surface area contributed by atoms with Crippen molar-refractivity contribution in [2.75, 3.05) is 0 Å². The minimum absolute atomic E-state index is 0.264. The highest BCUT2D eigenvalue weighted by Crippen LogP contribution is 1.99. The van der Waals surface area contributed by atoms with E-state index in [-0.39, 0.29) is 11.8 Å². The predicted octanol–water partition coefficient (Wildman–Crippen LogP) is 3.24. The Kier molecular flexibility index (Phi) is 10.1. The molecule has 0 amide bonds. The van der Waals surface area contributed by atoms with Gasteiger partial charge in [-0.1, -0.05) is 27.7 Å². The minimum atomic E-state index is 0.264. The Morgan fingerprint density at radius 1 is 0.857 bits per heavy atom. The Morgan fingerprint density at radius 3 is 1.07 bits per heavy atom. The summed E-state index contributed by atoms with van der Waals surface area (Å²) in [4.78, 5) is 20.7. The van der Waals surface area contributed by atoms with Crippen molar-refractivity contribution in [2.24, 2.45) is 11.8 Å². The highest BCUT2D eigenvalue weighted by atomic mass is 16.1. The molecule has 0 saturated carbocycles. The van der Waals surface area contributed by atoms with Crippen LogP contribution in [-0.4, -0.2) is 11.6 Å². The lowest BCUT2D eigenvalue weighted by atomic mass is 10.1. The highest BCUT2D eigenvalue weighted by Gasteiger charge is 2.01. The van der Waals surface area contributed by atoms with Crippen LogP contribution in [0.4, 0.5) is 0 Å². The van der Waals surface area contributed by atoms with Crippen LogP contribution in [0.15, 0.2) is 0 Å². The van der Waals surface area contributed by atoms with Gasteiger partial charge in [0.05, 0.1) is 0 Å². The molecular weight excluding hydrogens is 176 g/mol. The second kappa shape index (κ2) is 8.92. The first-order valence-electron chi connectivity index (χ1n) is 5.37. The monoisotopic (exact) mass is 200 g/mol. The van der Waals surface area contributed by atoms with E-state index in [0.717, 1.165) is 12.8 Å². The molecule has 0 fully saturated rings. The van der Waals surface area contributed by atoms with Gasteiger partial charge in [0.1, 0.15) is 11.6 Å². The van der Waals surface area contributed by atoms with Gasteiger partial charge in [-0.3, -0.25) is 9.59 Å². The molecule has 0 bridgehead atoms. The number of hydrogen-bond acceptors (Lipinski definition) is 2. The molecule has 14 heavy (non-hydrogen) atoms. The van der Waals surface area contributed by atoms with Gasteiger partial charge >= 0.3 is 0 Å². The zero-order valence-electron chi connectivity index (χ0n) is 10.4. The van der Waals surface area contributed by atoms with Crippen molar-refractivity contribution < 1.29 is 9.59 Å². The molecule has 2 nitrogen and oxygen atoms in total. The number of Topliss-reactive ketones (excluding diaryl/α,β-unsaturated/α-hetero) is 2. The maximum absolute atomic E-state index is 10.4. The summed E-state index contributed by atoms with van der Waals surface area (Å²) in [5.41, 5.74) is 0. The quantitative estimate of drug-likeness (QED) is 0.698. The van der Waals surface area contributed by atoms with Crippen LogP contribution in [0.2, 0.25) is 0 Å². The summed E-state index contributed by atoms with van der Waals surface area (Å²) in [6.45, 7) is 11.2. The normalized spacial score (nSPS) is 13.6. The molecule has 0 aliphatic carbocycles. The van der Waals surface area contributed by atoms with E-state index in [1.807, 2.05) is 27.7 Å². The van der Waals surface area contributed by atoms with Crippen molar-refractivity contribution in [1.82, 2.24) is 0 Å². The number of hydrogen-bond donors (Lipinski definition) is 0. The van der Waals surface area contributed by atoms with Crippen molar-refractivity contribution >= 4 is 11.6 Å². The SMILES string of the molecule is CCC(C)C(C)=O.CCC(C)C(C)=O. The summed E-state index contributed by atoms with van der Waals surface area (Å²) in [5.74, 6) is 1.12. The summed E-state index contributed by atoms with van der Waals surface area (Å²) >= 11 is 0. The molecule has 0 radical (unpaired) electrons. The van der Waals surface area contributed by atoms with Crippen LogP contribution >= 0.6 is 0 Å². The van der Waals surface area contributed by atoms with Crippen LogP contribution in [0.5, 0.6) is 0 Å². The third-order valence-electron chi connectivity index (χ3n) is 2.61. The first-order valence-corrected chi connectivity index (χ1v) is 5.37. The van der Waals surface area contributed by atoms with Crippen LogP contribution in [0.1, 0.15) is 54.4 Å². The van der Waals surface area contributed by atoms with Gasteiger partial charge < -0.3 is 0 Å². The standard InChI is InChI=1S/2C6H12O/c2*1-4-5(2)6(3)7/h2*5H,4H2,1-3H3. The topological polar surface area (TPSA) is 34.1 Å². The molecule has 0 spiro atoms. The largest absolute Gasteiger partial charge is 0.300 e. The van der Waals surface area contributed by atoms with E-state index in [1.54, 1.807) is 13.8 Å². The Labute approximate surface area is 88.1 Å². The molecular formula is C12H24O2. The fourth-order valence-corrected chi connectivity index (χ4v) is 0.575. The van der Waals surface area contributed by atoms with Crippen molar-refractivity contribution in [3.05, 3.63) is 0 Å². The number of rotatable bonds is 4. The lowest BCUT2D eigenvalue weighted by molar-refractivity contribution is -0.121. The molecule has 2 atom stereocenters. The molecule has 2 unspecified atom stereocenters. The number of ketones is 2. The Morgan fingerprint density at radius 2 is 1.07 bits per heavy atom. The van der Waals surface area contributed by atoms with E-state index in [1.165, 1.54) is 0 Å². The molecule has 0 aliphatic heterocycles. The fourth-order valence-electron chi connectivity index (χ4n) is 0.575. The van der Waals surface area contributed by atoms with Gasteiger partial charge in [-0.15, -0.1) is 0 Å². The molecule has 0 heterocycles. The van der Waals surface area contributed by atoms with E-state index >= 15 is 0 Å². The molecule has 0 aromatic carbocycles. The summed E-state index contributed by atoms with van der Waals surface area (Å²) in [5, 5.41) is 0. The Bertz CT molecular complexity index is 153. The third-order valence-corrected chi connectivity index (χ3v) is 2.61. The lowest BCUT2D eigenvalue weighted by Gasteiger charge is -1.98. The van der Waals surface area contributed by atoms with Gasteiger partial charge in [-0.25, -0.2) is 0 Å². The second-order valence-electron chi connectivity index (χ2n) is 3.84. The molecule has 0 aliphatic rings. The maximum atomic E-state index is 10.4. The summed E-state index contributed by atoms with van der Waals surface area (Å²) in [7, 11) is 0. The average Bonchev–Trinajstić information content (AvgIpc) is 2.15. The van der Waals surface area contributed by atoms with E-state index in [9.17, 15) is 9.59 Å². The molecule has 0 aromatic heterocycles. The summed E-state index contributed by atoms with van der Waals surface area (Å²) < 4.78 is 0. The van der Waals surface area contributed by atoms with E-state index in [2.05, 4.69) is 0 Å². The minimum Gasteiger partial charge on any atom is -0.300 e. The predicted molar refractivity (Wildman–Crippen MR) is 60.3 cm³/mol. The van der Waals surface area contributed by atoms with Crippen LogP contribution in [0.25, 0.3) is 0 Å². The second-order valence-corrected chi connectivity index (χ2v) is 3.84. The lowest BCUT2D eigenvalue weighted by Crippen LogP contribution is -2.03. The van der Waals surface area contributed by atoms with Gasteiger partial charge in [0.2, 0.25) is 0 Å². The highest BCUT2D eigenvalue weighted by molar-refractivity contribution is 5.78. The average molecular weight is 200 g/mol. The summed E-state index contributed by atoms with van der Waals surface area (Å²) in [6.07, 6.45) is 1.94. The van der Waals surface area contributed by atoms with Crippen molar-refractivity contribution in [2.45, 2.75) is 54.4 Å². The van der Waals surface area contributed by atoms with Gasteiger partial charge in [-0.2, -0.15) is 0 Å². The molecule has 2 heteroatoms. The van der Waals surface area contributed by atoms with Crippen molar-refractivity contribution in [3.63, 3.8) is 0 Å². The Balaban J connectivity index is 0. The van der Waals surface area contributed by atoms with Gasteiger partial charge in [-0.05, 0) is 26.7 Å². The molecule has 0 N–H and O–H groups in total. The number of carbonyl (C=O) groups excluding carboxylic acids is 2. The van der Waals surface area contributed by atoms with E-state index < -0.39 is 0 Å². The molecule has 84 valence electrons. The molecule has 0 aromatic rings. The summed E-state index contributed by atoms with van der Waals surface area (Å²) in [6, 6.07) is 0. The zero-order valence-corrected chi connectivity index (χ0v) is 10.4. The molecule has 0 rings (SSSR count). The zero-order chi connectivity index (χ0) is 11.7. The van der Waals surface area contributed by atoms with Crippen molar-refractivity contribution in [3.8, 4) is 0 Å². The van der Waals surface area contributed by atoms with Crippen LogP contribution < -0.4 is 0 Å². The first kappa shape index (κ1) is 15.8. The van der Waals surface area contributed by atoms with Crippen LogP contribution in [0.3, 0.4) is 0 Å². The fraction of sp³-hybridized carbons (Fsp3) is 0.833. The van der Waals surface area contributed by atoms with Gasteiger partial charge in [0.25, 0.3) is 0 Å². The van der Waals surface area contributed by atoms with Gasteiger partial charge in [0, 0.05) is 11.8 Å². The Hall–Kier alpha value is -0.660. The van der Waals surface area contributed by atoms with Crippen molar-refractivity contribution in [1.29, 1.82) is 0 Å².